The molecule has 0 spiro atoms. The molecular weight excluding hydrogens is 172 g/mol. The average Bonchev–Trinajstić information content (AvgIpc) is 2.69. The predicted molar refractivity (Wildman–Crippen MR) is 50.6 cm³/mol. The van der Waals surface area contributed by atoms with E-state index in [2.05, 4.69) is 38.1 Å². The van der Waals surface area contributed by atoms with Crippen LogP contribution in [0.15, 0.2) is 23.3 Å². The first kappa shape index (κ1) is 7.83. The smallest absolute Gasteiger partial charge is 0.0947 e. The SMILES string of the molecule is CC12C=C(C#N)C3C(C(C#N)=C1)C32C. The minimum atomic E-state index is -0.0432. The molecule has 14 heavy (non-hydrogen) atoms. The molecule has 68 valence electrons. The number of allylic oxidation sites excluding steroid dienone is 4. The molecule has 2 atom stereocenters. The van der Waals surface area contributed by atoms with Gasteiger partial charge in [0, 0.05) is 28.4 Å². The maximum absolute atomic E-state index is 8.99. The van der Waals surface area contributed by atoms with Crippen molar-refractivity contribution in [2.45, 2.75) is 13.8 Å². The maximum Gasteiger partial charge on any atom is 0.0947 e. The van der Waals surface area contributed by atoms with Crippen molar-refractivity contribution in [1.29, 1.82) is 10.5 Å². The van der Waals surface area contributed by atoms with Gasteiger partial charge in [-0.05, 0) is 5.41 Å². The van der Waals surface area contributed by atoms with Crippen LogP contribution in [-0.2, 0) is 0 Å². The van der Waals surface area contributed by atoms with Gasteiger partial charge in [-0.2, -0.15) is 10.5 Å². The Morgan fingerprint density at radius 2 is 1.50 bits per heavy atom. The van der Waals surface area contributed by atoms with E-state index in [1.165, 1.54) is 0 Å². The van der Waals surface area contributed by atoms with E-state index in [-0.39, 0.29) is 10.8 Å². The van der Waals surface area contributed by atoms with Crippen LogP contribution in [0.1, 0.15) is 13.8 Å². The Morgan fingerprint density at radius 3 is 1.79 bits per heavy atom. The molecule has 1 saturated carbocycles. The van der Waals surface area contributed by atoms with Crippen molar-refractivity contribution in [2.75, 3.05) is 0 Å². The first-order chi connectivity index (χ1) is 6.58. The molecule has 0 aromatic rings. The quantitative estimate of drug-likeness (QED) is 0.576. The third-order valence-corrected chi connectivity index (χ3v) is 4.52. The first-order valence-corrected chi connectivity index (χ1v) is 4.84. The summed E-state index contributed by atoms with van der Waals surface area (Å²) in [6.45, 7) is 4.33. The fraction of sp³-hybridized carbons (Fsp3) is 0.500. The van der Waals surface area contributed by atoms with E-state index in [4.69, 9.17) is 10.5 Å². The maximum atomic E-state index is 8.99. The molecule has 3 rings (SSSR count). The van der Waals surface area contributed by atoms with Gasteiger partial charge in [0.05, 0.1) is 12.1 Å². The van der Waals surface area contributed by atoms with E-state index in [9.17, 15) is 0 Å². The van der Waals surface area contributed by atoms with Crippen LogP contribution in [0.5, 0.6) is 0 Å². The Kier molecular flexibility index (Phi) is 1.00. The minimum absolute atomic E-state index is 0.0432. The molecule has 0 aliphatic heterocycles. The highest BCUT2D eigenvalue weighted by Gasteiger charge is 2.77. The molecule has 0 aromatic carbocycles. The van der Waals surface area contributed by atoms with E-state index in [0.29, 0.717) is 11.8 Å². The molecule has 3 aliphatic rings. The number of nitriles is 2. The van der Waals surface area contributed by atoms with Gasteiger partial charge < -0.3 is 0 Å². The van der Waals surface area contributed by atoms with Crippen LogP contribution in [-0.4, -0.2) is 0 Å². The van der Waals surface area contributed by atoms with Crippen LogP contribution < -0.4 is 0 Å². The van der Waals surface area contributed by atoms with Crippen LogP contribution in [0.2, 0.25) is 0 Å². The highest BCUT2D eigenvalue weighted by Crippen LogP contribution is 2.81. The standard InChI is InChI=1S/C12H10N2/c1-11-3-7(5-13)9-10(12(9,11)2)8(4-11)6-14/h3-4,9-10H,1-2H3. The summed E-state index contributed by atoms with van der Waals surface area (Å²) in [4.78, 5) is 0. The highest BCUT2D eigenvalue weighted by molar-refractivity contribution is 5.59. The van der Waals surface area contributed by atoms with Gasteiger partial charge in [0.15, 0.2) is 0 Å². The second-order valence-corrected chi connectivity index (χ2v) is 4.94. The topological polar surface area (TPSA) is 47.6 Å². The molecule has 2 unspecified atom stereocenters. The van der Waals surface area contributed by atoms with E-state index in [0.717, 1.165) is 11.1 Å². The molecule has 3 aliphatic carbocycles. The summed E-state index contributed by atoms with van der Waals surface area (Å²) in [6.07, 6.45) is 4.11. The van der Waals surface area contributed by atoms with Crippen LogP contribution in [0.4, 0.5) is 0 Å². The third kappa shape index (κ3) is 0.496. The van der Waals surface area contributed by atoms with Crippen LogP contribution >= 0.6 is 0 Å². The fourth-order valence-electron chi connectivity index (χ4n) is 3.57. The molecule has 0 amide bonds. The normalized spacial score (nSPS) is 51.4. The lowest BCUT2D eigenvalue weighted by Crippen LogP contribution is -2.18. The zero-order chi connectivity index (χ0) is 10.1. The summed E-state index contributed by atoms with van der Waals surface area (Å²) in [5, 5.41) is 18.0. The van der Waals surface area contributed by atoms with Crippen LogP contribution in [0.3, 0.4) is 0 Å². The van der Waals surface area contributed by atoms with Gasteiger partial charge in [0.2, 0.25) is 0 Å². The van der Waals surface area contributed by atoms with Crippen molar-refractivity contribution in [1.82, 2.24) is 0 Å². The number of hydrogen-bond acceptors (Lipinski definition) is 2. The van der Waals surface area contributed by atoms with Gasteiger partial charge >= 0.3 is 0 Å². The molecule has 0 N–H and O–H groups in total. The molecule has 0 bridgehead atoms. The molecule has 0 radical (unpaired) electrons. The van der Waals surface area contributed by atoms with Gasteiger partial charge in [0.25, 0.3) is 0 Å². The first-order valence-electron chi connectivity index (χ1n) is 4.84. The van der Waals surface area contributed by atoms with Crippen molar-refractivity contribution in [2.24, 2.45) is 22.7 Å². The number of nitrogens with zero attached hydrogens (tertiary/aromatic N) is 2. The molecule has 2 heteroatoms. The molecule has 0 heterocycles. The molecule has 0 saturated heterocycles. The van der Waals surface area contributed by atoms with Crippen LogP contribution in [0, 0.1) is 45.3 Å². The third-order valence-electron chi connectivity index (χ3n) is 4.52. The van der Waals surface area contributed by atoms with E-state index < -0.39 is 0 Å². The summed E-state index contributed by atoms with van der Waals surface area (Å²) < 4.78 is 0. The van der Waals surface area contributed by atoms with E-state index in [1.54, 1.807) is 0 Å². The Morgan fingerprint density at radius 1 is 1.07 bits per heavy atom. The summed E-state index contributed by atoms with van der Waals surface area (Å²) in [6, 6.07) is 4.54. The second-order valence-electron chi connectivity index (χ2n) is 4.94. The Labute approximate surface area is 83.1 Å². The monoisotopic (exact) mass is 182 g/mol. The van der Waals surface area contributed by atoms with Gasteiger partial charge in [-0.1, -0.05) is 26.0 Å². The average molecular weight is 182 g/mol. The lowest BCUT2D eigenvalue weighted by molar-refractivity contribution is 0.332. The van der Waals surface area contributed by atoms with Gasteiger partial charge in [0.1, 0.15) is 0 Å². The Balaban J connectivity index is 2.19. The number of fused-ring (bicyclic) bond motifs is 1. The van der Waals surface area contributed by atoms with Crippen molar-refractivity contribution in [3.05, 3.63) is 23.3 Å². The van der Waals surface area contributed by atoms with Crippen molar-refractivity contribution < 1.29 is 0 Å². The summed E-state index contributed by atoms with van der Waals surface area (Å²) >= 11 is 0. The van der Waals surface area contributed by atoms with E-state index in [1.807, 2.05) is 0 Å². The second kappa shape index (κ2) is 1.79. The highest BCUT2D eigenvalue weighted by atomic mass is 14.8. The number of hydrogen-bond donors (Lipinski definition) is 0. The summed E-state index contributed by atoms with van der Waals surface area (Å²) in [5.41, 5.74) is 1.88. The molecule has 1 fully saturated rings. The molecule has 0 aromatic heterocycles. The Hall–Kier alpha value is -1.54. The zero-order valence-electron chi connectivity index (χ0n) is 8.20. The number of rotatable bonds is 0. The van der Waals surface area contributed by atoms with Crippen LogP contribution in [0.25, 0.3) is 0 Å². The van der Waals surface area contributed by atoms with Gasteiger partial charge in [-0.3, -0.25) is 0 Å². The van der Waals surface area contributed by atoms with Crippen molar-refractivity contribution in [3.63, 3.8) is 0 Å². The predicted octanol–water partition coefficient (Wildman–Crippen LogP) is 2.17. The largest absolute Gasteiger partial charge is 0.193 e. The van der Waals surface area contributed by atoms with E-state index >= 15 is 0 Å². The lowest BCUT2D eigenvalue weighted by atomic mass is 9.79. The van der Waals surface area contributed by atoms with Crippen molar-refractivity contribution in [3.8, 4) is 12.1 Å². The minimum Gasteiger partial charge on any atom is -0.193 e. The van der Waals surface area contributed by atoms with Gasteiger partial charge in [-0.15, -0.1) is 0 Å². The summed E-state index contributed by atoms with van der Waals surface area (Å²) in [7, 11) is 0. The Bertz CT molecular complexity index is 443. The lowest BCUT2D eigenvalue weighted by Gasteiger charge is -2.23. The summed E-state index contributed by atoms with van der Waals surface area (Å²) in [5.74, 6) is 0.661. The molecule has 2 nitrogen and oxygen atoms in total. The zero-order valence-corrected chi connectivity index (χ0v) is 8.20. The fourth-order valence-corrected chi connectivity index (χ4v) is 3.57. The van der Waals surface area contributed by atoms with Crippen molar-refractivity contribution >= 4 is 0 Å². The molecular formula is C12H10N2. The van der Waals surface area contributed by atoms with Gasteiger partial charge in [-0.25, -0.2) is 0 Å².